The van der Waals surface area contributed by atoms with E-state index < -0.39 is 17.0 Å². The fourth-order valence-corrected chi connectivity index (χ4v) is 7.37. The summed E-state index contributed by atoms with van der Waals surface area (Å²) in [5.74, 6) is -1.69. The van der Waals surface area contributed by atoms with Crippen LogP contribution in [0.1, 0.15) is 71.1 Å². The lowest BCUT2D eigenvalue weighted by Gasteiger charge is -2.47. The fourth-order valence-electron chi connectivity index (χ4n) is 7.37. The summed E-state index contributed by atoms with van der Waals surface area (Å²) in [6.45, 7) is 15.3. The predicted octanol–water partition coefficient (Wildman–Crippen LogP) is 4.03. The summed E-state index contributed by atoms with van der Waals surface area (Å²) in [5, 5.41) is 12.0. The quantitative estimate of drug-likeness (QED) is 0.330. The summed E-state index contributed by atoms with van der Waals surface area (Å²) in [4.78, 5) is 60.7. The second kappa shape index (κ2) is 16.3. The van der Waals surface area contributed by atoms with Crippen molar-refractivity contribution in [3.63, 3.8) is 0 Å². The van der Waals surface area contributed by atoms with Crippen LogP contribution in [-0.4, -0.2) is 126 Å². The van der Waals surface area contributed by atoms with Crippen molar-refractivity contribution in [2.75, 3.05) is 63.9 Å². The van der Waals surface area contributed by atoms with Crippen molar-refractivity contribution in [3.8, 4) is 0 Å². The molecule has 5 rings (SSSR count). The molecule has 3 aliphatic rings. The van der Waals surface area contributed by atoms with Crippen LogP contribution in [0.15, 0.2) is 42.5 Å². The summed E-state index contributed by atoms with van der Waals surface area (Å²) < 4.78 is 25.1. The highest BCUT2D eigenvalue weighted by Crippen LogP contribution is 2.42. The number of piperazine rings is 1. The first-order chi connectivity index (χ1) is 24.5. The predicted molar refractivity (Wildman–Crippen MR) is 195 cm³/mol. The van der Waals surface area contributed by atoms with Crippen molar-refractivity contribution in [2.45, 2.75) is 89.9 Å². The normalized spacial score (nSPS) is 24.0. The van der Waals surface area contributed by atoms with Gasteiger partial charge in [-0.05, 0) is 89.3 Å². The zero-order valence-electron chi connectivity index (χ0n) is 31.3. The van der Waals surface area contributed by atoms with Crippen LogP contribution in [0.25, 0.3) is 0 Å². The van der Waals surface area contributed by atoms with Crippen molar-refractivity contribution >= 4 is 29.6 Å². The number of fused-ring (bicyclic) bond motifs is 1. The number of hydrogen-bond donors (Lipinski definition) is 2. The summed E-state index contributed by atoms with van der Waals surface area (Å²) in [6.07, 6.45) is 0.366. The zero-order valence-corrected chi connectivity index (χ0v) is 31.3. The number of morpholine rings is 1. The molecule has 4 atom stereocenters. The molecule has 2 N–H and O–H groups in total. The smallest absolute Gasteiger partial charge is 0.410 e. The van der Waals surface area contributed by atoms with E-state index in [2.05, 4.69) is 22.0 Å². The van der Waals surface area contributed by atoms with Crippen molar-refractivity contribution in [1.29, 1.82) is 0 Å². The molecule has 13 heteroatoms. The van der Waals surface area contributed by atoms with Crippen LogP contribution in [0, 0.1) is 5.82 Å². The summed E-state index contributed by atoms with van der Waals surface area (Å²) in [5.41, 5.74) is 1.45. The second-order valence-electron chi connectivity index (χ2n) is 15.7. The van der Waals surface area contributed by atoms with E-state index in [1.54, 1.807) is 21.9 Å². The molecule has 2 fully saturated rings. The van der Waals surface area contributed by atoms with Gasteiger partial charge in [0.25, 0.3) is 0 Å². The molecule has 284 valence electrons. The first kappa shape index (κ1) is 39.1. The van der Waals surface area contributed by atoms with Gasteiger partial charge < -0.3 is 29.7 Å². The third kappa shape index (κ3) is 9.47. The number of halogens is 1. The minimum atomic E-state index is -1.08. The lowest BCUT2D eigenvalue weighted by atomic mass is 9.83. The number of benzene rings is 2. The zero-order chi connectivity index (χ0) is 37.8. The number of carbonyl (C=O) groups excluding carboxylic acids is 3. The molecule has 3 heterocycles. The van der Waals surface area contributed by atoms with Crippen LogP contribution in [-0.2, 0) is 35.7 Å². The molecule has 2 aromatic carbocycles. The lowest BCUT2D eigenvalue weighted by Crippen LogP contribution is -2.64. The molecule has 2 saturated heterocycles. The first-order valence-electron chi connectivity index (χ1n) is 18.3. The molecule has 0 aliphatic carbocycles. The largest absolute Gasteiger partial charge is 0.481 e. The summed E-state index contributed by atoms with van der Waals surface area (Å²) >= 11 is 0. The average molecular weight is 724 g/mol. The fraction of sp³-hybridized carbons (Fsp3) is 0.590. The number of carboxylic acids is 1. The molecule has 2 aromatic rings. The number of aliphatic carboxylic acids is 1. The van der Waals surface area contributed by atoms with Gasteiger partial charge in [0.2, 0.25) is 11.8 Å². The van der Waals surface area contributed by atoms with Gasteiger partial charge in [0, 0.05) is 69.5 Å². The Morgan fingerprint density at radius 3 is 2.40 bits per heavy atom. The number of rotatable bonds is 11. The Kier molecular flexibility index (Phi) is 12.3. The van der Waals surface area contributed by atoms with Crippen LogP contribution in [0.5, 0.6) is 0 Å². The van der Waals surface area contributed by atoms with Gasteiger partial charge in [0.1, 0.15) is 11.4 Å². The Balaban J connectivity index is 1.41. The standard InChI is InChI=1S/C39H54FN5O7/c1-26-20-43(31(21-42-16-17-51-24-27(42)2)22-44(26)37(50)52-38(3,4)5)23-34(46)45-25-39(6,36(49)41-15-7-8-35(47)48)32-14-11-29(19-33(32)45)18-28-9-12-30(40)13-10-28/h9-14,19,26-27,31H,7-8,15-18,20-25H2,1-6H3,(H,41,49)(H,47,48)/t26-,27?,31+,39?/m1/s1. The van der Waals surface area contributed by atoms with Crippen LogP contribution in [0.2, 0.25) is 0 Å². The first-order valence-corrected chi connectivity index (χ1v) is 18.3. The minimum Gasteiger partial charge on any atom is -0.481 e. The van der Waals surface area contributed by atoms with Crippen LogP contribution in [0.3, 0.4) is 0 Å². The molecule has 0 saturated carbocycles. The van der Waals surface area contributed by atoms with Gasteiger partial charge in [-0.1, -0.05) is 24.3 Å². The van der Waals surface area contributed by atoms with Crippen molar-refractivity contribution < 1.29 is 38.1 Å². The Morgan fingerprint density at radius 2 is 1.73 bits per heavy atom. The molecule has 3 amide bonds. The van der Waals surface area contributed by atoms with E-state index in [0.717, 1.165) is 17.7 Å². The molecule has 52 heavy (non-hydrogen) atoms. The molecular formula is C39H54FN5O7. The maximum atomic E-state index is 14.5. The maximum absolute atomic E-state index is 14.5. The Morgan fingerprint density at radius 1 is 1.02 bits per heavy atom. The third-order valence-corrected chi connectivity index (χ3v) is 10.3. The topological polar surface area (TPSA) is 132 Å². The van der Waals surface area contributed by atoms with E-state index in [0.29, 0.717) is 56.9 Å². The Hall–Kier alpha value is -4.07. The molecule has 0 spiro atoms. The summed E-state index contributed by atoms with van der Waals surface area (Å²) in [7, 11) is 0. The number of carbonyl (C=O) groups is 4. The number of nitrogens with one attached hydrogen (secondary N) is 1. The average Bonchev–Trinajstić information content (AvgIpc) is 3.38. The number of amides is 3. The lowest BCUT2D eigenvalue weighted by molar-refractivity contribution is -0.137. The van der Waals surface area contributed by atoms with Gasteiger partial charge in [-0.2, -0.15) is 0 Å². The Labute approximate surface area is 306 Å². The highest BCUT2D eigenvalue weighted by Gasteiger charge is 2.47. The van der Waals surface area contributed by atoms with E-state index in [-0.39, 0.29) is 67.9 Å². The van der Waals surface area contributed by atoms with E-state index in [4.69, 9.17) is 14.6 Å². The monoisotopic (exact) mass is 723 g/mol. The molecule has 0 radical (unpaired) electrons. The molecule has 0 aromatic heterocycles. The van der Waals surface area contributed by atoms with Gasteiger partial charge in [-0.15, -0.1) is 0 Å². The summed E-state index contributed by atoms with van der Waals surface area (Å²) in [6, 6.07) is 11.9. The second-order valence-corrected chi connectivity index (χ2v) is 15.7. The molecule has 3 aliphatic heterocycles. The van der Waals surface area contributed by atoms with E-state index in [1.807, 2.05) is 52.8 Å². The third-order valence-electron chi connectivity index (χ3n) is 10.3. The maximum Gasteiger partial charge on any atom is 0.410 e. The Bertz CT molecular complexity index is 1610. The van der Waals surface area contributed by atoms with Crippen LogP contribution < -0.4 is 10.2 Å². The van der Waals surface area contributed by atoms with Gasteiger partial charge in [-0.3, -0.25) is 24.2 Å². The number of hydrogen-bond acceptors (Lipinski definition) is 8. The van der Waals surface area contributed by atoms with Crippen molar-refractivity contribution in [2.24, 2.45) is 0 Å². The van der Waals surface area contributed by atoms with Crippen molar-refractivity contribution in [1.82, 2.24) is 20.0 Å². The van der Waals surface area contributed by atoms with E-state index in [1.165, 1.54) is 12.1 Å². The van der Waals surface area contributed by atoms with Gasteiger partial charge in [-0.25, -0.2) is 9.18 Å². The minimum absolute atomic E-state index is 0.0606. The van der Waals surface area contributed by atoms with Gasteiger partial charge in [0.05, 0.1) is 25.2 Å². The SMILES string of the molecule is CC1COCCN1C[C@H]1CN(C(=O)OC(C)(C)C)[C@H](C)CN1CC(=O)N1CC(C)(C(=O)NCCCC(=O)O)c2ccc(Cc3ccc(F)cc3)cc21. The van der Waals surface area contributed by atoms with Gasteiger partial charge in [0.15, 0.2) is 0 Å². The molecule has 2 unspecified atom stereocenters. The molecule has 12 nitrogen and oxygen atoms in total. The van der Waals surface area contributed by atoms with E-state index >= 15 is 0 Å². The van der Waals surface area contributed by atoms with Gasteiger partial charge >= 0.3 is 12.1 Å². The van der Waals surface area contributed by atoms with Crippen LogP contribution in [0.4, 0.5) is 14.9 Å². The van der Waals surface area contributed by atoms with Crippen LogP contribution >= 0.6 is 0 Å². The van der Waals surface area contributed by atoms with Crippen molar-refractivity contribution in [3.05, 3.63) is 65.0 Å². The number of carboxylic acid groups (broad SMARTS) is 1. The number of nitrogens with zero attached hydrogens (tertiary/aromatic N) is 4. The van der Waals surface area contributed by atoms with E-state index in [9.17, 15) is 23.6 Å². The molecule has 0 bridgehead atoms. The highest BCUT2D eigenvalue weighted by atomic mass is 19.1. The highest BCUT2D eigenvalue weighted by molar-refractivity contribution is 6.03. The number of ether oxygens (including phenoxy) is 2. The number of anilines is 1. The molecular weight excluding hydrogens is 669 g/mol.